The lowest BCUT2D eigenvalue weighted by molar-refractivity contribution is -0.370. The Morgan fingerprint density at radius 3 is 1.71 bits per heavy atom. The number of fused-ring (bicyclic) bond motifs is 1. The number of benzene rings is 2. The molecule has 2 heterocycles. The standard InChI is InChI=1S/C31H43N3O7/c1-32(2)31(33(3)4,34(5)6)19-18-25(37-9)27-28-26(39-30(41-27)22-12-16-24(36-8)17-13-22)20-38-29(40-28)21-10-14-23(35-7)15-11-21/h10-17,25-30H,20H2,1-9H3/t25-,26+,27-,28-,29-,30+/m1/s1. The van der Waals surface area contributed by atoms with E-state index < -0.39 is 42.8 Å². The van der Waals surface area contributed by atoms with Gasteiger partial charge in [-0.2, -0.15) is 0 Å². The molecule has 0 saturated carbocycles. The van der Waals surface area contributed by atoms with Crippen molar-refractivity contribution in [2.75, 3.05) is 70.2 Å². The fourth-order valence-corrected chi connectivity index (χ4v) is 5.44. The molecule has 0 amide bonds. The topological polar surface area (TPSA) is 74.3 Å². The molecule has 2 aromatic carbocycles. The summed E-state index contributed by atoms with van der Waals surface area (Å²) in [5.74, 6) is 7.67. The van der Waals surface area contributed by atoms with Crippen molar-refractivity contribution in [2.24, 2.45) is 0 Å². The van der Waals surface area contributed by atoms with Gasteiger partial charge in [-0.05, 0) is 72.5 Å². The van der Waals surface area contributed by atoms with Crippen LogP contribution < -0.4 is 9.47 Å². The molecular weight excluding hydrogens is 526 g/mol. The highest BCUT2D eigenvalue weighted by Crippen LogP contribution is 2.40. The van der Waals surface area contributed by atoms with E-state index in [9.17, 15) is 0 Å². The number of ether oxygens (including phenoxy) is 7. The first kappa shape index (κ1) is 31.2. The molecular formula is C31H43N3O7. The SMILES string of the molecule is COc1ccc([C@@H]2OC[C@@H]3O[C@H](c4ccc(OC)cc4)O[C@H]([C@@H](C#CC(N(C)C)(N(C)C)N(C)C)OC)[C@@H]3O2)cc1. The Bertz CT molecular complexity index is 1160. The Morgan fingerprint density at radius 2 is 1.24 bits per heavy atom. The van der Waals surface area contributed by atoms with Crippen LogP contribution in [0.2, 0.25) is 0 Å². The first-order chi connectivity index (χ1) is 19.6. The number of rotatable bonds is 9. The molecule has 2 aromatic rings. The van der Waals surface area contributed by atoms with Crippen molar-refractivity contribution in [1.29, 1.82) is 0 Å². The number of hydrogen-bond acceptors (Lipinski definition) is 10. The van der Waals surface area contributed by atoms with Crippen molar-refractivity contribution >= 4 is 0 Å². The zero-order chi connectivity index (χ0) is 29.7. The molecule has 0 aliphatic carbocycles. The first-order valence-electron chi connectivity index (χ1n) is 13.6. The summed E-state index contributed by atoms with van der Waals surface area (Å²) >= 11 is 0. The van der Waals surface area contributed by atoms with Crippen LogP contribution in [0.5, 0.6) is 11.5 Å². The molecule has 10 nitrogen and oxygen atoms in total. The van der Waals surface area contributed by atoms with Gasteiger partial charge in [0.05, 0.1) is 20.8 Å². The van der Waals surface area contributed by atoms with Crippen LogP contribution in [0.1, 0.15) is 23.7 Å². The highest BCUT2D eigenvalue weighted by molar-refractivity contribution is 5.30. The first-order valence-corrected chi connectivity index (χ1v) is 13.6. The van der Waals surface area contributed by atoms with Gasteiger partial charge in [0, 0.05) is 18.2 Å². The van der Waals surface area contributed by atoms with Gasteiger partial charge in [0.1, 0.15) is 35.9 Å². The fraction of sp³-hybridized carbons (Fsp3) is 0.548. The number of nitrogens with zero attached hydrogens (tertiary/aromatic N) is 3. The molecule has 0 bridgehead atoms. The summed E-state index contributed by atoms with van der Waals surface area (Å²) in [6, 6.07) is 15.2. The lowest BCUT2D eigenvalue weighted by Gasteiger charge is -2.47. The predicted octanol–water partition coefficient (Wildman–Crippen LogP) is 2.96. The molecule has 0 N–H and O–H groups in total. The minimum Gasteiger partial charge on any atom is -0.497 e. The van der Waals surface area contributed by atoms with Gasteiger partial charge < -0.3 is 33.2 Å². The summed E-state index contributed by atoms with van der Waals surface area (Å²) in [6.45, 7) is 0.314. The zero-order valence-electron chi connectivity index (χ0n) is 25.5. The third-order valence-electron chi connectivity index (χ3n) is 7.54. The quantitative estimate of drug-likeness (QED) is 0.333. The lowest BCUT2D eigenvalue weighted by atomic mass is 9.98. The summed E-state index contributed by atoms with van der Waals surface area (Å²) in [4.78, 5) is 6.18. The van der Waals surface area contributed by atoms with Gasteiger partial charge in [0.15, 0.2) is 18.4 Å². The number of hydrogen-bond donors (Lipinski definition) is 0. The van der Waals surface area contributed by atoms with E-state index in [2.05, 4.69) is 26.5 Å². The second-order valence-electron chi connectivity index (χ2n) is 10.7. The second-order valence-corrected chi connectivity index (χ2v) is 10.7. The van der Waals surface area contributed by atoms with Crippen molar-refractivity contribution in [3.05, 3.63) is 59.7 Å². The van der Waals surface area contributed by atoms with E-state index >= 15 is 0 Å². The highest BCUT2D eigenvalue weighted by atomic mass is 16.8. The number of methoxy groups -OCH3 is 3. The van der Waals surface area contributed by atoms with Crippen molar-refractivity contribution < 1.29 is 33.2 Å². The van der Waals surface area contributed by atoms with Crippen molar-refractivity contribution in [3.63, 3.8) is 0 Å². The van der Waals surface area contributed by atoms with Gasteiger partial charge in [-0.3, -0.25) is 14.7 Å². The Kier molecular flexibility index (Phi) is 10.3. The van der Waals surface area contributed by atoms with Crippen molar-refractivity contribution in [3.8, 4) is 23.3 Å². The van der Waals surface area contributed by atoms with Gasteiger partial charge in [-0.15, -0.1) is 0 Å². The molecule has 2 saturated heterocycles. The Labute approximate surface area is 243 Å². The van der Waals surface area contributed by atoms with Gasteiger partial charge in [0.2, 0.25) is 0 Å². The second kappa shape index (κ2) is 13.5. The minimum atomic E-state index is -0.682. The molecule has 2 aliphatic heterocycles. The summed E-state index contributed by atoms with van der Waals surface area (Å²) in [7, 11) is 16.9. The minimum absolute atomic E-state index is 0.314. The van der Waals surface area contributed by atoms with Crippen LogP contribution >= 0.6 is 0 Å². The van der Waals surface area contributed by atoms with E-state index in [1.807, 2.05) is 90.8 Å². The maximum absolute atomic E-state index is 6.60. The Morgan fingerprint density at radius 1 is 0.732 bits per heavy atom. The molecule has 0 radical (unpaired) electrons. The normalized spacial score (nSPS) is 25.4. The van der Waals surface area contributed by atoms with Gasteiger partial charge in [0.25, 0.3) is 0 Å². The van der Waals surface area contributed by atoms with E-state index in [1.54, 1.807) is 21.3 Å². The van der Waals surface area contributed by atoms with E-state index in [0.717, 1.165) is 22.6 Å². The molecule has 2 aliphatic rings. The molecule has 0 spiro atoms. The molecule has 0 unspecified atom stereocenters. The van der Waals surface area contributed by atoms with E-state index in [-0.39, 0.29) is 0 Å². The van der Waals surface area contributed by atoms with Gasteiger partial charge >= 0.3 is 0 Å². The molecule has 0 aromatic heterocycles. The molecule has 2 fully saturated rings. The van der Waals surface area contributed by atoms with Crippen LogP contribution in [0.15, 0.2) is 48.5 Å². The third kappa shape index (κ3) is 6.53. The van der Waals surface area contributed by atoms with Crippen LogP contribution in [-0.2, 0) is 23.7 Å². The highest BCUT2D eigenvalue weighted by Gasteiger charge is 2.49. The predicted molar refractivity (Wildman–Crippen MR) is 154 cm³/mol. The van der Waals surface area contributed by atoms with Gasteiger partial charge in [-0.1, -0.05) is 30.2 Å². The van der Waals surface area contributed by atoms with Crippen molar-refractivity contribution in [1.82, 2.24) is 14.7 Å². The van der Waals surface area contributed by atoms with E-state index in [1.165, 1.54) is 0 Å². The molecule has 41 heavy (non-hydrogen) atoms. The lowest BCUT2D eigenvalue weighted by Crippen LogP contribution is -2.63. The van der Waals surface area contributed by atoms with E-state index in [0.29, 0.717) is 6.61 Å². The zero-order valence-corrected chi connectivity index (χ0v) is 25.5. The van der Waals surface area contributed by atoms with Crippen LogP contribution in [-0.4, -0.2) is 115 Å². The fourth-order valence-electron chi connectivity index (χ4n) is 5.44. The summed E-state index contributed by atoms with van der Waals surface area (Å²) in [5, 5.41) is 0. The summed E-state index contributed by atoms with van der Waals surface area (Å²) in [5.41, 5.74) is 1.71. The van der Waals surface area contributed by atoms with Crippen LogP contribution in [0.4, 0.5) is 0 Å². The third-order valence-corrected chi connectivity index (χ3v) is 7.54. The van der Waals surface area contributed by atoms with Crippen LogP contribution in [0, 0.1) is 11.8 Å². The van der Waals surface area contributed by atoms with Crippen molar-refractivity contribution in [2.45, 2.75) is 42.8 Å². The largest absolute Gasteiger partial charge is 0.497 e. The molecule has 10 heteroatoms. The summed E-state index contributed by atoms with van der Waals surface area (Å²) < 4.78 is 42.3. The average molecular weight is 570 g/mol. The van der Waals surface area contributed by atoms with E-state index in [4.69, 9.17) is 33.2 Å². The summed E-state index contributed by atoms with van der Waals surface area (Å²) in [6.07, 6.45) is -3.39. The van der Waals surface area contributed by atoms with Crippen LogP contribution in [0.25, 0.3) is 0 Å². The smallest absolute Gasteiger partial charge is 0.195 e. The monoisotopic (exact) mass is 569 g/mol. The molecule has 6 atom stereocenters. The Hall–Kier alpha value is -2.72. The molecule has 4 rings (SSSR count). The Balaban J connectivity index is 1.69. The average Bonchev–Trinajstić information content (AvgIpc) is 2.98. The maximum Gasteiger partial charge on any atom is 0.195 e. The molecule has 224 valence electrons. The van der Waals surface area contributed by atoms with Crippen LogP contribution in [0.3, 0.4) is 0 Å². The maximum atomic E-state index is 6.60. The van der Waals surface area contributed by atoms with Gasteiger partial charge in [-0.25, -0.2) is 0 Å².